The van der Waals surface area contributed by atoms with Crippen molar-refractivity contribution in [2.45, 2.75) is 0 Å². The summed E-state index contributed by atoms with van der Waals surface area (Å²) in [6.45, 7) is 0. The van der Waals surface area contributed by atoms with E-state index in [0.717, 1.165) is 11.0 Å². The smallest absolute Gasteiger partial charge is 0.108 e. The Balaban J connectivity index is 2.93. The molecule has 3 nitrogen and oxygen atoms in total. The van der Waals surface area contributed by atoms with Gasteiger partial charge in [0.2, 0.25) is 0 Å². The van der Waals surface area contributed by atoms with E-state index in [2.05, 4.69) is 10.1 Å². The molecule has 0 radical (unpaired) electrons. The second-order valence-electron chi connectivity index (χ2n) is 2.18. The van der Waals surface area contributed by atoms with Crippen molar-refractivity contribution in [2.24, 2.45) is 7.05 Å². The summed E-state index contributed by atoms with van der Waals surface area (Å²) in [5.41, 5.74) is 2.02. The Morgan fingerprint density at radius 1 is 1.50 bits per heavy atom. The molecule has 0 unspecified atom stereocenters. The van der Waals surface area contributed by atoms with Crippen LogP contribution in [0.25, 0.3) is 11.0 Å². The number of fused-ring (bicyclic) bond motifs is 1. The third-order valence-corrected chi connectivity index (χ3v) is 1.52. The lowest BCUT2D eigenvalue weighted by molar-refractivity contribution is 0.797. The molecule has 50 valence electrons. The van der Waals surface area contributed by atoms with Crippen molar-refractivity contribution in [1.29, 1.82) is 0 Å². The van der Waals surface area contributed by atoms with Crippen LogP contribution in [0.4, 0.5) is 0 Å². The number of hydrogen-bond donors (Lipinski definition) is 0. The van der Waals surface area contributed by atoms with E-state index in [1.54, 1.807) is 12.4 Å². The van der Waals surface area contributed by atoms with Gasteiger partial charge in [0.15, 0.2) is 0 Å². The molecule has 10 heavy (non-hydrogen) atoms. The van der Waals surface area contributed by atoms with Gasteiger partial charge in [-0.15, -0.1) is 0 Å². The molecule has 0 aliphatic heterocycles. The van der Waals surface area contributed by atoms with Crippen LogP contribution in [0.1, 0.15) is 0 Å². The van der Waals surface area contributed by atoms with Gasteiger partial charge < -0.3 is 0 Å². The van der Waals surface area contributed by atoms with Gasteiger partial charge in [-0.2, -0.15) is 5.10 Å². The summed E-state index contributed by atoms with van der Waals surface area (Å²) in [5.74, 6) is 0. The van der Waals surface area contributed by atoms with Gasteiger partial charge in [0.25, 0.3) is 0 Å². The molecule has 0 spiro atoms. The van der Waals surface area contributed by atoms with Crippen LogP contribution in [0.15, 0.2) is 24.5 Å². The Labute approximate surface area is 58.3 Å². The summed E-state index contributed by atoms with van der Waals surface area (Å²) in [6, 6.07) is 3.90. The highest BCUT2D eigenvalue weighted by Crippen LogP contribution is 2.06. The number of nitrogens with zero attached hydrogens (tertiary/aromatic N) is 3. The maximum Gasteiger partial charge on any atom is 0.108 e. The lowest BCUT2D eigenvalue weighted by Gasteiger charge is -1.89. The van der Waals surface area contributed by atoms with Crippen molar-refractivity contribution < 1.29 is 0 Å². The van der Waals surface area contributed by atoms with Gasteiger partial charge in [0.1, 0.15) is 5.52 Å². The zero-order valence-electron chi connectivity index (χ0n) is 5.65. The minimum atomic E-state index is 0.949. The number of aromatic nitrogens is 3. The molecule has 2 rings (SSSR count). The average molecular weight is 133 g/mol. The van der Waals surface area contributed by atoms with E-state index in [4.69, 9.17) is 0 Å². The van der Waals surface area contributed by atoms with Crippen molar-refractivity contribution in [1.82, 2.24) is 14.8 Å². The largest absolute Gasteiger partial charge is 0.266 e. The van der Waals surface area contributed by atoms with Crippen LogP contribution in [-0.2, 0) is 7.05 Å². The Bertz CT molecular complexity index is 350. The molecule has 0 atom stereocenters. The minimum absolute atomic E-state index is 0.949. The van der Waals surface area contributed by atoms with E-state index in [9.17, 15) is 0 Å². The summed E-state index contributed by atoms with van der Waals surface area (Å²) in [4.78, 5) is 4.12. The molecule has 0 N–H and O–H groups in total. The fourth-order valence-corrected chi connectivity index (χ4v) is 0.986. The fraction of sp³-hybridized carbons (Fsp3) is 0.143. The second-order valence-corrected chi connectivity index (χ2v) is 2.18. The minimum Gasteiger partial charge on any atom is -0.266 e. The fourth-order valence-electron chi connectivity index (χ4n) is 0.986. The standard InChI is InChI=1S/C7H7N3/c1-10-7-3-2-4-8-6(7)5-9-10/h2-5H,1H3. The molecule has 0 aromatic carbocycles. The third kappa shape index (κ3) is 0.603. The molecule has 0 aliphatic rings. The zero-order valence-corrected chi connectivity index (χ0v) is 5.65. The van der Waals surface area contributed by atoms with Gasteiger partial charge in [-0.05, 0) is 12.1 Å². The first kappa shape index (κ1) is 5.41. The second kappa shape index (κ2) is 1.80. The average Bonchev–Trinajstić information content (AvgIpc) is 2.34. The van der Waals surface area contributed by atoms with Gasteiger partial charge >= 0.3 is 0 Å². The summed E-state index contributed by atoms with van der Waals surface area (Å²) in [6.07, 6.45) is 3.53. The molecular weight excluding hydrogens is 126 g/mol. The van der Waals surface area contributed by atoms with Crippen LogP contribution in [0, 0.1) is 0 Å². The number of rotatable bonds is 0. The molecule has 0 saturated carbocycles. The topological polar surface area (TPSA) is 30.7 Å². The maximum absolute atomic E-state index is 4.12. The number of hydrogen-bond acceptors (Lipinski definition) is 2. The molecule has 0 saturated heterocycles. The van der Waals surface area contributed by atoms with E-state index in [0.29, 0.717) is 0 Å². The van der Waals surface area contributed by atoms with Crippen LogP contribution >= 0.6 is 0 Å². The lowest BCUT2D eigenvalue weighted by Crippen LogP contribution is -1.87. The molecule has 2 heterocycles. The third-order valence-electron chi connectivity index (χ3n) is 1.52. The van der Waals surface area contributed by atoms with Crippen molar-refractivity contribution in [2.75, 3.05) is 0 Å². The highest BCUT2D eigenvalue weighted by molar-refractivity contribution is 5.73. The highest BCUT2D eigenvalue weighted by atomic mass is 15.3. The zero-order chi connectivity index (χ0) is 6.97. The molecule has 2 aromatic rings. The molecule has 0 aliphatic carbocycles. The van der Waals surface area contributed by atoms with Crippen molar-refractivity contribution >= 4 is 11.0 Å². The van der Waals surface area contributed by atoms with Crippen LogP contribution in [0.2, 0.25) is 0 Å². The van der Waals surface area contributed by atoms with E-state index >= 15 is 0 Å². The summed E-state index contributed by atoms with van der Waals surface area (Å²) in [7, 11) is 1.91. The van der Waals surface area contributed by atoms with Gasteiger partial charge in [-0.25, -0.2) is 0 Å². The molecular formula is C7H7N3. The Kier molecular flexibility index (Phi) is 0.974. The predicted octanol–water partition coefficient (Wildman–Crippen LogP) is 0.968. The van der Waals surface area contributed by atoms with Gasteiger partial charge in [-0.1, -0.05) is 0 Å². The Hall–Kier alpha value is -1.38. The van der Waals surface area contributed by atoms with Gasteiger partial charge in [0, 0.05) is 13.2 Å². The lowest BCUT2D eigenvalue weighted by atomic mass is 10.4. The first-order valence-corrected chi connectivity index (χ1v) is 3.10. The van der Waals surface area contributed by atoms with Crippen LogP contribution in [-0.4, -0.2) is 14.8 Å². The van der Waals surface area contributed by atoms with Gasteiger partial charge in [-0.3, -0.25) is 9.67 Å². The first-order valence-electron chi connectivity index (χ1n) is 3.10. The normalized spacial score (nSPS) is 10.5. The first-order chi connectivity index (χ1) is 4.88. The van der Waals surface area contributed by atoms with E-state index in [-0.39, 0.29) is 0 Å². The monoisotopic (exact) mass is 133 g/mol. The van der Waals surface area contributed by atoms with Crippen LogP contribution < -0.4 is 0 Å². The highest BCUT2D eigenvalue weighted by Gasteiger charge is 1.95. The SMILES string of the molecule is Cn1ncc2ncccc21. The van der Waals surface area contributed by atoms with Crippen molar-refractivity contribution in [3.05, 3.63) is 24.5 Å². The van der Waals surface area contributed by atoms with E-state index in [1.807, 2.05) is 23.9 Å². The maximum atomic E-state index is 4.12. The molecule has 3 heteroatoms. The molecule has 0 amide bonds. The van der Waals surface area contributed by atoms with Gasteiger partial charge in [0.05, 0.1) is 11.7 Å². The number of aryl methyl sites for hydroxylation is 1. The van der Waals surface area contributed by atoms with Crippen LogP contribution in [0.5, 0.6) is 0 Å². The number of pyridine rings is 1. The molecule has 0 fully saturated rings. The molecule has 0 bridgehead atoms. The van der Waals surface area contributed by atoms with Crippen molar-refractivity contribution in [3.8, 4) is 0 Å². The summed E-state index contributed by atoms with van der Waals surface area (Å²) < 4.78 is 1.81. The van der Waals surface area contributed by atoms with E-state index < -0.39 is 0 Å². The molecule has 2 aromatic heterocycles. The predicted molar refractivity (Wildman–Crippen MR) is 38.5 cm³/mol. The Morgan fingerprint density at radius 3 is 3.20 bits per heavy atom. The summed E-state index contributed by atoms with van der Waals surface area (Å²) >= 11 is 0. The quantitative estimate of drug-likeness (QED) is 0.536. The van der Waals surface area contributed by atoms with Crippen molar-refractivity contribution in [3.63, 3.8) is 0 Å². The van der Waals surface area contributed by atoms with E-state index in [1.165, 1.54) is 0 Å². The Morgan fingerprint density at radius 2 is 2.40 bits per heavy atom. The summed E-state index contributed by atoms with van der Waals surface area (Å²) in [5, 5.41) is 4.05. The van der Waals surface area contributed by atoms with Crippen LogP contribution in [0.3, 0.4) is 0 Å².